The number of carbonyl (C=O) groups is 1. The van der Waals surface area contributed by atoms with Crippen molar-refractivity contribution in [3.63, 3.8) is 0 Å². The first kappa shape index (κ1) is 13.8. The SMILES string of the molecule is CCCCCCC[C@H]1SCC(=O)N1c1nncs1. The molecular formula is C12H19N3OS2. The molecule has 1 aromatic rings. The molecule has 0 radical (unpaired) electrons. The van der Waals surface area contributed by atoms with Crippen molar-refractivity contribution >= 4 is 34.1 Å². The molecule has 1 fully saturated rings. The Balaban J connectivity index is 1.82. The molecule has 1 aromatic heterocycles. The number of nitrogens with zero attached hydrogens (tertiary/aromatic N) is 3. The number of hydrogen-bond donors (Lipinski definition) is 0. The molecule has 18 heavy (non-hydrogen) atoms. The van der Waals surface area contributed by atoms with Gasteiger partial charge >= 0.3 is 0 Å². The van der Waals surface area contributed by atoms with Crippen molar-refractivity contribution in [1.82, 2.24) is 10.2 Å². The molecule has 4 nitrogen and oxygen atoms in total. The monoisotopic (exact) mass is 285 g/mol. The first-order valence-corrected chi connectivity index (χ1v) is 8.45. The van der Waals surface area contributed by atoms with Crippen LogP contribution in [-0.4, -0.2) is 27.2 Å². The fourth-order valence-corrected chi connectivity index (χ4v) is 3.98. The lowest BCUT2D eigenvalue weighted by Gasteiger charge is -2.20. The maximum atomic E-state index is 11.9. The maximum Gasteiger partial charge on any atom is 0.239 e. The van der Waals surface area contributed by atoms with Gasteiger partial charge in [-0.3, -0.25) is 9.69 Å². The van der Waals surface area contributed by atoms with Crippen LogP contribution >= 0.6 is 23.1 Å². The summed E-state index contributed by atoms with van der Waals surface area (Å²) in [5, 5.41) is 8.86. The van der Waals surface area contributed by atoms with Crippen molar-refractivity contribution in [1.29, 1.82) is 0 Å². The molecule has 0 unspecified atom stereocenters. The normalized spacial score (nSPS) is 19.7. The Morgan fingerprint density at radius 2 is 2.22 bits per heavy atom. The summed E-state index contributed by atoms with van der Waals surface area (Å²) in [7, 11) is 0. The molecule has 0 aromatic carbocycles. The van der Waals surface area contributed by atoms with Gasteiger partial charge in [0, 0.05) is 0 Å². The van der Waals surface area contributed by atoms with Crippen LogP contribution in [0.5, 0.6) is 0 Å². The van der Waals surface area contributed by atoms with Gasteiger partial charge in [-0.15, -0.1) is 22.0 Å². The highest BCUT2D eigenvalue weighted by Gasteiger charge is 2.34. The van der Waals surface area contributed by atoms with Crippen LogP contribution in [0.3, 0.4) is 0 Å². The summed E-state index contributed by atoms with van der Waals surface area (Å²) in [6, 6.07) is 0. The average Bonchev–Trinajstić information content (AvgIpc) is 2.98. The summed E-state index contributed by atoms with van der Waals surface area (Å²) in [6.45, 7) is 2.22. The summed E-state index contributed by atoms with van der Waals surface area (Å²) < 4.78 is 0. The van der Waals surface area contributed by atoms with Crippen LogP contribution in [0.15, 0.2) is 5.51 Å². The van der Waals surface area contributed by atoms with Gasteiger partial charge in [-0.2, -0.15) is 0 Å². The van der Waals surface area contributed by atoms with Gasteiger partial charge in [0.2, 0.25) is 11.0 Å². The Bertz CT molecular complexity index is 369. The van der Waals surface area contributed by atoms with Crippen LogP contribution in [0, 0.1) is 0 Å². The second-order valence-electron chi connectivity index (χ2n) is 4.45. The zero-order valence-corrected chi connectivity index (χ0v) is 12.3. The van der Waals surface area contributed by atoms with Crippen molar-refractivity contribution in [3.05, 3.63) is 5.51 Å². The highest BCUT2D eigenvalue weighted by molar-refractivity contribution is 8.01. The molecule has 0 spiro atoms. The van der Waals surface area contributed by atoms with E-state index in [9.17, 15) is 4.79 Å². The minimum absolute atomic E-state index is 0.176. The molecular weight excluding hydrogens is 266 g/mol. The smallest absolute Gasteiger partial charge is 0.239 e. The van der Waals surface area contributed by atoms with Crippen LogP contribution < -0.4 is 4.90 Å². The number of thioether (sulfide) groups is 1. The van der Waals surface area contributed by atoms with Crippen molar-refractivity contribution in [2.75, 3.05) is 10.7 Å². The molecule has 1 aliphatic rings. The van der Waals surface area contributed by atoms with Crippen LogP contribution in [0.2, 0.25) is 0 Å². The molecule has 1 aliphatic heterocycles. The molecule has 1 amide bonds. The van der Waals surface area contributed by atoms with Gasteiger partial charge in [-0.25, -0.2) is 0 Å². The van der Waals surface area contributed by atoms with Gasteiger partial charge < -0.3 is 0 Å². The lowest BCUT2D eigenvalue weighted by atomic mass is 10.1. The Hall–Kier alpha value is -0.620. The van der Waals surface area contributed by atoms with Gasteiger partial charge in [0.15, 0.2) is 0 Å². The van der Waals surface area contributed by atoms with E-state index in [0.29, 0.717) is 5.75 Å². The Morgan fingerprint density at radius 1 is 1.39 bits per heavy atom. The number of hydrogen-bond acceptors (Lipinski definition) is 5. The quantitative estimate of drug-likeness (QED) is 0.721. The Morgan fingerprint density at radius 3 is 2.94 bits per heavy atom. The lowest BCUT2D eigenvalue weighted by molar-refractivity contribution is -0.115. The molecule has 6 heteroatoms. The maximum absolute atomic E-state index is 11.9. The molecule has 100 valence electrons. The van der Waals surface area contributed by atoms with Crippen LogP contribution in [0.25, 0.3) is 0 Å². The standard InChI is InChI=1S/C12H19N3OS2/c1-2-3-4-5-6-7-11-15(10(16)8-17-11)12-14-13-9-18-12/h9,11H,2-8H2,1H3/t11-/m1/s1. The summed E-state index contributed by atoms with van der Waals surface area (Å²) in [5.74, 6) is 0.759. The average molecular weight is 285 g/mol. The van der Waals surface area contributed by atoms with Crippen molar-refractivity contribution in [2.24, 2.45) is 0 Å². The first-order chi connectivity index (χ1) is 8.83. The van der Waals surface area contributed by atoms with E-state index in [0.717, 1.165) is 11.6 Å². The molecule has 0 N–H and O–H groups in total. The van der Waals surface area contributed by atoms with Crippen molar-refractivity contribution in [3.8, 4) is 0 Å². The van der Waals surface area contributed by atoms with E-state index >= 15 is 0 Å². The summed E-state index contributed by atoms with van der Waals surface area (Å²) in [4.78, 5) is 13.7. The van der Waals surface area contributed by atoms with Crippen LogP contribution in [0.1, 0.15) is 45.4 Å². The van der Waals surface area contributed by atoms with E-state index in [1.165, 1.54) is 43.4 Å². The third kappa shape index (κ3) is 3.45. The van der Waals surface area contributed by atoms with Gasteiger partial charge in [-0.1, -0.05) is 50.4 Å². The zero-order chi connectivity index (χ0) is 12.8. The van der Waals surface area contributed by atoms with E-state index in [1.54, 1.807) is 17.3 Å². The number of carbonyl (C=O) groups excluding carboxylic acids is 1. The van der Waals surface area contributed by atoms with Gasteiger partial charge in [-0.05, 0) is 6.42 Å². The van der Waals surface area contributed by atoms with E-state index in [4.69, 9.17) is 0 Å². The fourth-order valence-electron chi connectivity index (χ4n) is 2.11. The largest absolute Gasteiger partial charge is 0.273 e. The number of amides is 1. The van der Waals surface area contributed by atoms with E-state index in [-0.39, 0.29) is 11.3 Å². The molecule has 0 saturated carbocycles. The van der Waals surface area contributed by atoms with E-state index < -0.39 is 0 Å². The van der Waals surface area contributed by atoms with E-state index in [1.807, 2.05) is 4.90 Å². The Labute approximate surface area is 116 Å². The van der Waals surface area contributed by atoms with Crippen LogP contribution in [-0.2, 0) is 4.79 Å². The fraction of sp³-hybridized carbons (Fsp3) is 0.750. The van der Waals surface area contributed by atoms with Gasteiger partial charge in [0.1, 0.15) is 5.51 Å². The summed E-state index contributed by atoms with van der Waals surface area (Å²) >= 11 is 3.18. The predicted molar refractivity (Wildman–Crippen MR) is 77.0 cm³/mol. The number of rotatable bonds is 7. The first-order valence-electron chi connectivity index (χ1n) is 6.52. The second kappa shape index (κ2) is 7.09. The third-order valence-electron chi connectivity index (χ3n) is 3.07. The topological polar surface area (TPSA) is 46.1 Å². The summed E-state index contributed by atoms with van der Waals surface area (Å²) in [6.07, 6.45) is 7.42. The molecule has 1 atom stereocenters. The lowest BCUT2D eigenvalue weighted by Crippen LogP contribution is -2.32. The zero-order valence-electron chi connectivity index (χ0n) is 10.7. The highest BCUT2D eigenvalue weighted by Crippen LogP contribution is 2.34. The van der Waals surface area contributed by atoms with Crippen LogP contribution in [0.4, 0.5) is 5.13 Å². The minimum atomic E-state index is 0.176. The van der Waals surface area contributed by atoms with Crippen molar-refractivity contribution < 1.29 is 4.79 Å². The summed E-state index contributed by atoms with van der Waals surface area (Å²) in [5.41, 5.74) is 1.68. The van der Waals surface area contributed by atoms with Gasteiger partial charge in [0.05, 0.1) is 11.1 Å². The van der Waals surface area contributed by atoms with Crippen molar-refractivity contribution in [2.45, 2.75) is 50.8 Å². The van der Waals surface area contributed by atoms with E-state index in [2.05, 4.69) is 17.1 Å². The Kier molecular flexibility index (Phi) is 5.44. The molecule has 1 saturated heterocycles. The highest BCUT2D eigenvalue weighted by atomic mass is 32.2. The predicted octanol–water partition coefficient (Wildman–Crippen LogP) is 3.30. The molecule has 0 aliphatic carbocycles. The third-order valence-corrected chi connectivity index (χ3v) is 5.00. The molecule has 2 rings (SSSR count). The molecule has 2 heterocycles. The van der Waals surface area contributed by atoms with Gasteiger partial charge in [0.25, 0.3) is 0 Å². The molecule has 0 bridgehead atoms. The minimum Gasteiger partial charge on any atom is -0.273 e. The number of unbranched alkanes of at least 4 members (excludes halogenated alkanes) is 4. The number of anilines is 1. The number of aromatic nitrogens is 2. The second-order valence-corrected chi connectivity index (χ2v) is 6.43.